The molecule has 1 amide bonds. The highest BCUT2D eigenvalue weighted by atomic mass is 32.2. The number of carbonyl (C=O) groups is 1. The van der Waals surface area contributed by atoms with Gasteiger partial charge in [-0.3, -0.25) is 14.7 Å². The van der Waals surface area contributed by atoms with E-state index in [4.69, 9.17) is 9.47 Å². The molecule has 2 atom stereocenters. The van der Waals surface area contributed by atoms with Gasteiger partial charge in [0.05, 0.1) is 30.8 Å². The van der Waals surface area contributed by atoms with Crippen molar-refractivity contribution < 1.29 is 22.7 Å². The Kier molecular flexibility index (Phi) is 4.72. The van der Waals surface area contributed by atoms with E-state index >= 15 is 0 Å². The Balaban J connectivity index is 1.32. The van der Waals surface area contributed by atoms with Crippen molar-refractivity contribution in [1.82, 2.24) is 15.2 Å². The van der Waals surface area contributed by atoms with Crippen LogP contribution in [-0.4, -0.2) is 79.8 Å². The van der Waals surface area contributed by atoms with Crippen LogP contribution in [0.2, 0.25) is 0 Å². The molecule has 9 heteroatoms. The van der Waals surface area contributed by atoms with Gasteiger partial charge in [-0.15, -0.1) is 0 Å². The summed E-state index contributed by atoms with van der Waals surface area (Å²) in [6.45, 7) is 3.33. The second-order valence-corrected chi connectivity index (χ2v) is 9.54. The van der Waals surface area contributed by atoms with Gasteiger partial charge in [0.1, 0.15) is 11.7 Å². The third-order valence-electron chi connectivity index (χ3n) is 5.14. The zero-order valence-electron chi connectivity index (χ0n) is 14.5. The van der Waals surface area contributed by atoms with Crippen molar-refractivity contribution >= 4 is 15.7 Å². The molecular formula is C17H23N3O5S. The summed E-state index contributed by atoms with van der Waals surface area (Å²) < 4.78 is 34.1. The van der Waals surface area contributed by atoms with Crippen LogP contribution in [-0.2, 0) is 30.7 Å². The van der Waals surface area contributed by atoms with Gasteiger partial charge in [0.25, 0.3) is 0 Å². The van der Waals surface area contributed by atoms with E-state index in [0.29, 0.717) is 26.2 Å². The molecule has 1 N–H and O–H groups in total. The van der Waals surface area contributed by atoms with Crippen LogP contribution in [0.25, 0.3) is 0 Å². The van der Waals surface area contributed by atoms with E-state index in [2.05, 4.69) is 15.2 Å². The fourth-order valence-electron chi connectivity index (χ4n) is 3.83. The van der Waals surface area contributed by atoms with Crippen molar-refractivity contribution in [2.45, 2.75) is 30.7 Å². The second kappa shape index (κ2) is 6.88. The number of hydrogen-bond donors (Lipinski definition) is 1. The highest BCUT2D eigenvalue weighted by Gasteiger charge is 2.47. The standard InChI is InChI=1S/C17H23N3O5S/c21-16(19-14-9-26(22,23)10-14)15-7-17(12-24-15)11-20(5-6-25-17)8-13-1-3-18-4-2-13/h1-4,14-15H,5-12H2,(H,19,21)/t15-,17-/m0/s1. The molecule has 3 aliphatic rings. The fourth-order valence-corrected chi connectivity index (χ4v) is 5.13. The van der Waals surface area contributed by atoms with Gasteiger partial charge in [-0.05, 0) is 17.7 Å². The minimum absolute atomic E-state index is 0.0206. The van der Waals surface area contributed by atoms with Crippen molar-refractivity contribution in [1.29, 1.82) is 0 Å². The first-order chi connectivity index (χ1) is 12.4. The number of carbonyl (C=O) groups excluding carboxylic acids is 1. The van der Waals surface area contributed by atoms with Gasteiger partial charge in [-0.1, -0.05) is 0 Å². The number of rotatable bonds is 4. The van der Waals surface area contributed by atoms with Gasteiger partial charge in [-0.2, -0.15) is 0 Å². The fraction of sp³-hybridized carbons (Fsp3) is 0.647. The zero-order valence-corrected chi connectivity index (χ0v) is 15.3. The van der Waals surface area contributed by atoms with Crippen LogP contribution in [0.1, 0.15) is 12.0 Å². The molecule has 0 aliphatic carbocycles. The summed E-state index contributed by atoms with van der Waals surface area (Å²) in [7, 11) is -2.96. The van der Waals surface area contributed by atoms with Crippen LogP contribution in [0, 0.1) is 0 Å². The number of ether oxygens (including phenoxy) is 2. The maximum Gasteiger partial charge on any atom is 0.249 e. The zero-order chi connectivity index (χ0) is 18.2. The lowest BCUT2D eigenvalue weighted by Gasteiger charge is -2.39. The average molecular weight is 381 g/mol. The van der Waals surface area contributed by atoms with Crippen LogP contribution >= 0.6 is 0 Å². The molecule has 8 nitrogen and oxygen atoms in total. The maximum absolute atomic E-state index is 12.4. The van der Waals surface area contributed by atoms with E-state index in [1.54, 1.807) is 12.4 Å². The quantitative estimate of drug-likeness (QED) is 0.740. The summed E-state index contributed by atoms with van der Waals surface area (Å²) in [5.41, 5.74) is 0.718. The van der Waals surface area contributed by atoms with Gasteiger partial charge >= 0.3 is 0 Å². The number of nitrogens with zero attached hydrogens (tertiary/aromatic N) is 2. The smallest absolute Gasteiger partial charge is 0.249 e. The average Bonchev–Trinajstić information content (AvgIpc) is 2.97. The molecular weight excluding hydrogens is 358 g/mol. The van der Waals surface area contributed by atoms with Crippen molar-refractivity contribution in [3.63, 3.8) is 0 Å². The number of pyridine rings is 1. The highest BCUT2D eigenvalue weighted by Crippen LogP contribution is 2.32. The molecule has 3 fully saturated rings. The predicted molar refractivity (Wildman–Crippen MR) is 93.1 cm³/mol. The van der Waals surface area contributed by atoms with Gasteiger partial charge in [0.15, 0.2) is 9.84 Å². The lowest BCUT2D eigenvalue weighted by atomic mass is 9.97. The normalized spacial score (nSPS) is 31.6. The predicted octanol–water partition coefficient (Wildman–Crippen LogP) is -0.645. The van der Waals surface area contributed by atoms with Gasteiger partial charge in [0, 0.05) is 38.4 Å². The van der Waals surface area contributed by atoms with Gasteiger partial charge < -0.3 is 14.8 Å². The summed E-state index contributed by atoms with van der Waals surface area (Å²) in [5.74, 6) is -0.198. The first kappa shape index (κ1) is 17.8. The second-order valence-electron chi connectivity index (χ2n) is 7.38. The number of morpholine rings is 1. The number of hydrogen-bond acceptors (Lipinski definition) is 7. The molecule has 4 heterocycles. The summed E-state index contributed by atoms with van der Waals surface area (Å²) in [6.07, 6.45) is 3.47. The molecule has 3 saturated heterocycles. The van der Waals surface area contributed by atoms with Crippen LogP contribution in [0.4, 0.5) is 0 Å². The Labute approximate surface area is 152 Å². The number of aromatic nitrogens is 1. The van der Waals surface area contributed by atoms with E-state index in [9.17, 15) is 13.2 Å². The summed E-state index contributed by atoms with van der Waals surface area (Å²) in [4.78, 5) is 18.7. The molecule has 3 aliphatic heterocycles. The van der Waals surface area contributed by atoms with Crippen molar-refractivity contribution in [3.8, 4) is 0 Å². The first-order valence-electron chi connectivity index (χ1n) is 8.81. The van der Waals surface area contributed by atoms with Crippen LogP contribution < -0.4 is 5.32 Å². The SMILES string of the molecule is O=C(NC1CS(=O)(=O)C1)[C@@H]1C[C@@]2(CO1)CN(Cc1ccncc1)CCO2. The molecule has 0 unspecified atom stereocenters. The van der Waals surface area contributed by atoms with Crippen molar-refractivity contribution in [2.75, 3.05) is 37.8 Å². The number of sulfone groups is 1. The lowest BCUT2D eigenvalue weighted by molar-refractivity contribution is -0.130. The van der Waals surface area contributed by atoms with E-state index in [0.717, 1.165) is 13.1 Å². The molecule has 26 heavy (non-hydrogen) atoms. The molecule has 4 rings (SSSR count). The minimum atomic E-state index is -2.96. The Hall–Kier alpha value is -1.55. The largest absolute Gasteiger partial charge is 0.370 e. The van der Waals surface area contributed by atoms with E-state index < -0.39 is 21.5 Å². The van der Waals surface area contributed by atoms with Crippen LogP contribution in [0.5, 0.6) is 0 Å². The molecule has 1 aromatic rings. The van der Waals surface area contributed by atoms with E-state index in [1.165, 1.54) is 5.56 Å². The Morgan fingerprint density at radius 3 is 2.85 bits per heavy atom. The van der Waals surface area contributed by atoms with Gasteiger partial charge in [-0.25, -0.2) is 8.42 Å². The third kappa shape index (κ3) is 3.90. The summed E-state index contributed by atoms with van der Waals surface area (Å²) in [6, 6.07) is 3.70. The molecule has 0 radical (unpaired) electrons. The Bertz CT molecular complexity index is 760. The maximum atomic E-state index is 12.4. The molecule has 142 valence electrons. The van der Waals surface area contributed by atoms with Crippen molar-refractivity contribution in [3.05, 3.63) is 30.1 Å². The van der Waals surface area contributed by atoms with Crippen LogP contribution in [0.3, 0.4) is 0 Å². The lowest BCUT2D eigenvalue weighted by Crippen LogP contribution is -2.55. The summed E-state index contributed by atoms with van der Waals surface area (Å²) in [5, 5.41) is 2.77. The Morgan fingerprint density at radius 2 is 2.12 bits per heavy atom. The number of amides is 1. The Morgan fingerprint density at radius 1 is 1.35 bits per heavy atom. The first-order valence-corrected chi connectivity index (χ1v) is 10.6. The van der Waals surface area contributed by atoms with Crippen LogP contribution in [0.15, 0.2) is 24.5 Å². The third-order valence-corrected chi connectivity index (χ3v) is 6.96. The molecule has 1 aromatic heterocycles. The molecule has 0 aromatic carbocycles. The molecule has 1 spiro atoms. The van der Waals surface area contributed by atoms with E-state index in [1.807, 2.05) is 12.1 Å². The molecule has 0 bridgehead atoms. The molecule has 0 saturated carbocycles. The topological polar surface area (TPSA) is 97.8 Å². The van der Waals surface area contributed by atoms with Gasteiger partial charge in [0.2, 0.25) is 5.91 Å². The highest BCUT2D eigenvalue weighted by molar-refractivity contribution is 7.92. The van der Waals surface area contributed by atoms with Crippen molar-refractivity contribution in [2.24, 2.45) is 0 Å². The summed E-state index contributed by atoms with van der Waals surface area (Å²) >= 11 is 0. The van der Waals surface area contributed by atoms with E-state index in [-0.39, 0.29) is 23.5 Å². The minimum Gasteiger partial charge on any atom is -0.370 e. The monoisotopic (exact) mass is 381 g/mol. The number of nitrogens with one attached hydrogen (secondary N) is 1.